The van der Waals surface area contributed by atoms with Gasteiger partial charge >= 0.3 is 5.97 Å². The van der Waals surface area contributed by atoms with Crippen LogP contribution in [0.2, 0.25) is 0 Å². The minimum Gasteiger partial charge on any atom is -0.480 e. The number of nitriles is 1. The smallest absolute Gasteiger partial charge is 0.327 e. The fraction of sp³-hybridized carbons (Fsp3) is 0.333. The first-order valence-electron chi connectivity index (χ1n) is 5.64. The Morgan fingerprint density at radius 2 is 2.37 bits per heavy atom. The summed E-state index contributed by atoms with van der Waals surface area (Å²) in [6, 6.07) is 3.97. The number of piperazine rings is 1. The lowest BCUT2D eigenvalue weighted by atomic mass is 10.1. The first-order valence-corrected chi connectivity index (χ1v) is 6.44. The maximum Gasteiger partial charge on any atom is 0.327 e. The van der Waals surface area contributed by atoms with Crippen LogP contribution in [0.5, 0.6) is 0 Å². The largest absolute Gasteiger partial charge is 0.480 e. The van der Waals surface area contributed by atoms with Crippen molar-refractivity contribution in [1.29, 1.82) is 5.26 Å². The highest BCUT2D eigenvalue weighted by atomic mass is 79.9. The zero-order valence-corrected chi connectivity index (χ0v) is 11.4. The van der Waals surface area contributed by atoms with Crippen LogP contribution >= 0.6 is 15.9 Å². The van der Waals surface area contributed by atoms with Crippen molar-refractivity contribution in [3.8, 4) is 6.07 Å². The van der Waals surface area contributed by atoms with Gasteiger partial charge in [-0.1, -0.05) is 0 Å². The van der Waals surface area contributed by atoms with Crippen molar-refractivity contribution in [2.24, 2.45) is 0 Å². The van der Waals surface area contributed by atoms with Crippen LogP contribution in [0.15, 0.2) is 16.6 Å². The standard InChI is InChI=1S/C12H11BrFN3O2/c13-10-7(5-15)1-2-8(11(10)14)17-4-3-16-6-9(17)12(18)19/h1-2,9,16H,3-4,6H2,(H,18,19). The number of hydrogen-bond acceptors (Lipinski definition) is 4. The van der Waals surface area contributed by atoms with Crippen LogP contribution in [0.25, 0.3) is 0 Å². The van der Waals surface area contributed by atoms with Gasteiger partial charge in [0, 0.05) is 19.6 Å². The van der Waals surface area contributed by atoms with E-state index in [-0.39, 0.29) is 22.3 Å². The molecule has 1 aliphatic rings. The fourth-order valence-electron chi connectivity index (χ4n) is 2.06. The molecule has 7 heteroatoms. The monoisotopic (exact) mass is 327 g/mol. The van der Waals surface area contributed by atoms with Gasteiger partial charge in [0.1, 0.15) is 12.1 Å². The summed E-state index contributed by atoms with van der Waals surface area (Å²) in [4.78, 5) is 12.7. The van der Waals surface area contributed by atoms with Gasteiger partial charge in [-0.25, -0.2) is 9.18 Å². The van der Waals surface area contributed by atoms with E-state index in [2.05, 4.69) is 21.2 Å². The number of anilines is 1. The molecule has 2 N–H and O–H groups in total. The first-order chi connectivity index (χ1) is 9.06. The number of nitrogens with one attached hydrogen (secondary N) is 1. The molecular weight excluding hydrogens is 317 g/mol. The summed E-state index contributed by atoms with van der Waals surface area (Å²) in [6.45, 7) is 1.24. The maximum atomic E-state index is 14.2. The molecule has 0 radical (unpaired) electrons. The van der Waals surface area contributed by atoms with E-state index >= 15 is 0 Å². The van der Waals surface area contributed by atoms with Gasteiger partial charge in [0.2, 0.25) is 0 Å². The van der Waals surface area contributed by atoms with Crippen molar-refractivity contribution >= 4 is 27.6 Å². The zero-order valence-electron chi connectivity index (χ0n) is 9.86. The lowest BCUT2D eigenvalue weighted by Gasteiger charge is -2.35. The minimum absolute atomic E-state index is 0.0650. The third kappa shape index (κ3) is 2.55. The Hall–Kier alpha value is -1.65. The van der Waals surface area contributed by atoms with Crippen LogP contribution in [0.3, 0.4) is 0 Å². The average molecular weight is 328 g/mol. The van der Waals surface area contributed by atoms with Gasteiger partial charge in [0.15, 0.2) is 5.82 Å². The number of carboxylic acid groups (broad SMARTS) is 1. The molecule has 1 aromatic carbocycles. The molecule has 0 amide bonds. The van der Waals surface area contributed by atoms with Crippen molar-refractivity contribution in [1.82, 2.24) is 5.32 Å². The SMILES string of the molecule is N#Cc1ccc(N2CCNCC2C(=O)O)c(F)c1Br. The van der Waals surface area contributed by atoms with Crippen LogP contribution < -0.4 is 10.2 Å². The third-order valence-corrected chi connectivity index (χ3v) is 3.80. The fourth-order valence-corrected chi connectivity index (χ4v) is 2.48. The predicted octanol–water partition coefficient (Wildman–Crippen LogP) is 1.32. The van der Waals surface area contributed by atoms with E-state index in [1.165, 1.54) is 17.0 Å². The molecule has 1 unspecified atom stereocenters. The van der Waals surface area contributed by atoms with Crippen molar-refractivity contribution in [2.45, 2.75) is 6.04 Å². The average Bonchev–Trinajstić information content (AvgIpc) is 2.42. The highest BCUT2D eigenvalue weighted by Gasteiger charge is 2.30. The van der Waals surface area contributed by atoms with E-state index in [1.54, 1.807) is 0 Å². The van der Waals surface area contributed by atoms with Gasteiger partial charge < -0.3 is 15.3 Å². The number of hydrogen-bond donors (Lipinski definition) is 2. The summed E-state index contributed by atoms with van der Waals surface area (Å²) in [5.74, 6) is -1.61. The van der Waals surface area contributed by atoms with Crippen molar-refractivity contribution < 1.29 is 14.3 Å². The Kier molecular flexibility index (Phi) is 4.02. The second-order valence-corrected chi connectivity index (χ2v) is 4.92. The van der Waals surface area contributed by atoms with Crippen LogP contribution in [-0.2, 0) is 4.79 Å². The molecule has 1 aliphatic heterocycles. The summed E-state index contributed by atoms with van der Waals surface area (Å²) in [7, 11) is 0. The Morgan fingerprint density at radius 1 is 1.63 bits per heavy atom. The molecule has 2 rings (SSSR count). The van der Waals surface area contributed by atoms with Crippen LogP contribution in [0.4, 0.5) is 10.1 Å². The number of carboxylic acids is 1. The van der Waals surface area contributed by atoms with E-state index in [9.17, 15) is 9.18 Å². The van der Waals surface area contributed by atoms with Gasteiger partial charge in [0.25, 0.3) is 0 Å². The zero-order chi connectivity index (χ0) is 14.0. The second kappa shape index (κ2) is 5.55. The predicted molar refractivity (Wildman–Crippen MR) is 70.5 cm³/mol. The van der Waals surface area contributed by atoms with Gasteiger partial charge in [-0.3, -0.25) is 0 Å². The van der Waals surface area contributed by atoms with Gasteiger partial charge in [-0.15, -0.1) is 0 Å². The topological polar surface area (TPSA) is 76.4 Å². The molecule has 0 spiro atoms. The van der Waals surface area contributed by atoms with Crippen molar-refractivity contribution in [3.63, 3.8) is 0 Å². The molecule has 1 saturated heterocycles. The molecule has 1 fully saturated rings. The summed E-state index contributed by atoms with van der Waals surface area (Å²) < 4.78 is 14.3. The molecule has 1 heterocycles. The molecule has 1 atom stereocenters. The van der Waals surface area contributed by atoms with Crippen molar-refractivity contribution in [3.05, 3.63) is 28.0 Å². The Labute approximate surface area is 117 Å². The lowest BCUT2D eigenvalue weighted by molar-refractivity contribution is -0.138. The third-order valence-electron chi connectivity index (χ3n) is 3.02. The summed E-state index contributed by atoms with van der Waals surface area (Å²) in [5, 5.41) is 20.9. The number of rotatable bonds is 2. The molecule has 1 aromatic rings. The normalized spacial score (nSPS) is 19.0. The Balaban J connectivity index is 2.43. The van der Waals surface area contributed by atoms with Gasteiger partial charge in [0.05, 0.1) is 15.7 Å². The molecule has 0 aromatic heterocycles. The van der Waals surface area contributed by atoms with Crippen molar-refractivity contribution in [2.75, 3.05) is 24.5 Å². The second-order valence-electron chi connectivity index (χ2n) is 4.12. The highest BCUT2D eigenvalue weighted by Crippen LogP contribution is 2.30. The molecule has 0 saturated carbocycles. The molecule has 19 heavy (non-hydrogen) atoms. The number of benzene rings is 1. The number of halogens is 2. The highest BCUT2D eigenvalue weighted by molar-refractivity contribution is 9.10. The van der Waals surface area contributed by atoms with Gasteiger partial charge in [-0.2, -0.15) is 5.26 Å². The number of aliphatic carboxylic acids is 1. The van der Waals surface area contributed by atoms with E-state index in [0.29, 0.717) is 13.1 Å². The van der Waals surface area contributed by atoms with E-state index in [4.69, 9.17) is 10.4 Å². The van der Waals surface area contributed by atoms with E-state index in [0.717, 1.165) is 0 Å². The van der Waals surface area contributed by atoms with Crippen LogP contribution in [0.1, 0.15) is 5.56 Å². The molecule has 5 nitrogen and oxygen atoms in total. The molecule has 0 aliphatic carbocycles. The first kappa shape index (κ1) is 13.8. The van der Waals surface area contributed by atoms with E-state index in [1.807, 2.05) is 6.07 Å². The molecular formula is C12H11BrFN3O2. The van der Waals surface area contributed by atoms with Gasteiger partial charge in [-0.05, 0) is 28.1 Å². The van der Waals surface area contributed by atoms with E-state index < -0.39 is 17.8 Å². The summed E-state index contributed by atoms with van der Waals surface area (Å²) in [6.07, 6.45) is 0. The minimum atomic E-state index is -1.01. The maximum absolute atomic E-state index is 14.2. The summed E-state index contributed by atoms with van der Waals surface area (Å²) in [5.41, 5.74) is 0.378. The Bertz CT molecular complexity index is 559. The quantitative estimate of drug-likeness (QED) is 0.856. The number of nitrogens with zero attached hydrogens (tertiary/aromatic N) is 2. The lowest BCUT2D eigenvalue weighted by Crippen LogP contribution is -2.55. The number of carbonyl (C=O) groups is 1. The Morgan fingerprint density at radius 3 is 3.00 bits per heavy atom. The van der Waals surface area contributed by atoms with Crippen LogP contribution in [-0.4, -0.2) is 36.8 Å². The molecule has 100 valence electrons. The molecule has 0 bridgehead atoms. The van der Waals surface area contributed by atoms with Crippen LogP contribution in [0, 0.1) is 17.1 Å². The summed E-state index contributed by atoms with van der Waals surface area (Å²) >= 11 is 3.03.